The first-order chi connectivity index (χ1) is 9.80. The van der Waals surface area contributed by atoms with Crippen molar-refractivity contribution in [1.29, 1.82) is 5.26 Å². The third kappa shape index (κ3) is 3.54. The van der Waals surface area contributed by atoms with Crippen LogP contribution in [0.1, 0.15) is 16.7 Å². The molecule has 0 heterocycles. The van der Waals surface area contributed by atoms with Crippen molar-refractivity contribution in [3.05, 3.63) is 53.1 Å². The molecule has 0 atom stereocenters. The van der Waals surface area contributed by atoms with Crippen LogP contribution >= 0.6 is 0 Å². The van der Waals surface area contributed by atoms with Crippen molar-refractivity contribution in [3.63, 3.8) is 0 Å². The minimum Gasteiger partial charge on any atom is -0.406 e. The summed E-state index contributed by atoms with van der Waals surface area (Å²) in [6.07, 6.45) is -4.76. The van der Waals surface area contributed by atoms with Gasteiger partial charge >= 0.3 is 6.36 Å². The van der Waals surface area contributed by atoms with E-state index in [2.05, 4.69) is 4.74 Å². The first-order valence-electron chi connectivity index (χ1n) is 6.17. The molecule has 0 aromatic heterocycles. The third-order valence-corrected chi connectivity index (χ3v) is 3.02. The normalized spacial score (nSPS) is 11.0. The molecule has 0 saturated heterocycles. The van der Waals surface area contributed by atoms with Gasteiger partial charge in [0.25, 0.3) is 0 Å². The lowest BCUT2D eigenvalue weighted by atomic mass is 9.95. The average Bonchev–Trinajstić information content (AvgIpc) is 2.37. The maximum Gasteiger partial charge on any atom is 0.573 e. The summed E-state index contributed by atoms with van der Waals surface area (Å²) in [4.78, 5) is 0. The Kier molecular flexibility index (Phi) is 3.90. The molecule has 5 heteroatoms. The second-order valence-corrected chi connectivity index (χ2v) is 4.69. The van der Waals surface area contributed by atoms with Crippen LogP contribution in [-0.2, 0) is 0 Å². The third-order valence-electron chi connectivity index (χ3n) is 3.02. The molecule has 0 aliphatic heterocycles. The van der Waals surface area contributed by atoms with Crippen molar-refractivity contribution in [2.75, 3.05) is 0 Å². The molecule has 2 nitrogen and oxygen atoms in total. The molecule has 21 heavy (non-hydrogen) atoms. The molecule has 0 unspecified atom stereocenters. The van der Waals surface area contributed by atoms with Gasteiger partial charge in [-0.15, -0.1) is 13.2 Å². The smallest absolute Gasteiger partial charge is 0.406 e. The first-order valence-corrected chi connectivity index (χ1v) is 6.17. The summed E-state index contributed by atoms with van der Waals surface area (Å²) in [7, 11) is 0. The quantitative estimate of drug-likeness (QED) is 0.800. The number of hydrogen-bond donors (Lipinski definition) is 0. The van der Waals surface area contributed by atoms with E-state index in [0.717, 1.165) is 17.2 Å². The van der Waals surface area contributed by atoms with E-state index in [9.17, 15) is 13.2 Å². The zero-order valence-corrected chi connectivity index (χ0v) is 11.5. The van der Waals surface area contributed by atoms with Crippen molar-refractivity contribution in [3.8, 4) is 22.9 Å². The Morgan fingerprint density at radius 2 is 1.71 bits per heavy atom. The Labute approximate surface area is 120 Å². The number of alkyl halides is 3. The van der Waals surface area contributed by atoms with E-state index in [1.165, 1.54) is 12.1 Å². The topological polar surface area (TPSA) is 33.0 Å². The summed E-state index contributed by atoms with van der Waals surface area (Å²) in [6.45, 7) is 3.77. The van der Waals surface area contributed by atoms with Crippen LogP contribution < -0.4 is 4.74 Å². The van der Waals surface area contributed by atoms with Gasteiger partial charge in [-0.2, -0.15) is 5.26 Å². The van der Waals surface area contributed by atoms with E-state index >= 15 is 0 Å². The highest BCUT2D eigenvalue weighted by Gasteiger charge is 2.31. The van der Waals surface area contributed by atoms with Gasteiger partial charge in [0.1, 0.15) is 5.75 Å². The Bertz CT molecular complexity index is 714. The zero-order chi connectivity index (χ0) is 15.6. The van der Waals surface area contributed by atoms with Gasteiger partial charge in [0.2, 0.25) is 0 Å². The van der Waals surface area contributed by atoms with Crippen LogP contribution in [0.3, 0.4) is 0 Å². The van der Waals surface area contributed by atoms with Crippen molar-refractivity contribution in [2.45, 2.75) is 20.2 Å². The maximum absolute atomic E-state index is 12.3. The largest absolute Gasteiger partial charge is 0.573 e. The van der Waals surface area contributed by atoms with Gasteiger partial charge < -0.3 is 4.74 Å². The number of aryl methyl sites for hydroxylation is 2. The van der Waals surface area contributed by atoms with Crippen LogP contribution in [0.25, 0.3) is 11.1 Å². The number of halogens is 3. The summed E-state index contributed by atoms with van der Waals surface area (Å²) in [5, 5.41) is 9.14. The van der Waals surface area contributed by atoms with Gasteiger partial charge in [0.15, 0.2) is 0 Å². The van der Waals surface area contributed by atoms with Gasteiger partial charge in [-0.3, -0.25) is 0 Å². The molecule has 108 valence electrons. The van der Waals surface area contributed by atoms with Gasteiger partial charge in [-0.25, -0.2) is 0 Å². The Morgan fingerprint density at radius 1 is 1.00 bits per heavy atom. The Balaban J connectivity index is 2.55. The summed E-state index contributed by atoms with van der Waals surface area (Å²) in [6, 6.07) is 11.2. The number of nitrogens with zero attached hydrogens (tertiary/aromatic N) is 1. The van der Waals surface area contributed by atoms with Crippen LogP contribution in [0.15, 0.2) is 36.4 Å². The van der Waals surface area contributed by atoms with E-state index in [-0.39, 0.29) is 5.75 Å². The van der Waals surface area contributed by atoms with Crippen molar-refractivity contribution >= 4 is 0 Å². The van der Waals surface area contributed by atoms with E-state index in [1.807, 2.05) is 32.0 Å². The second kappa shape index (κ2) is 5.49. The highest BCUT2D eigenvalue weighted by Crippen LogP contribution is 2.32. The van der Waals surface area contributed by atoms with E-state index in [0.29, 0.717) is 16.7 Å². The molecule has 0 bridgehead atoms. The summed E-state index contributed by atoms with van der Waals surface area (Å²) < 4.78 is 40.8. The molecule has 0 fully saturated rings. The van der Waals surface area contributed by atoms with Crippen LogP contribution in [0.4, 0.5) is 13.2 Å². The second-order valence-electron chi connectivity index (χ2n) is 4.69. The predicted molar refractivity (Wildman–Crippen MR) is 72.8 cm³/mol. The molecule has 0 aliphatic rings. The number of rotatable bonds is 2. The number of benzene rings is 2. The highest BCUT2D eigenvalue weighted by molar-refractivity contribution is 5.74. The van der Waals surface area contributed by atoms with Crippen molar-refractivity contribution in [2.24, 2.45) is 0 Å². The van der Waals surface area contributed by atoms with Crippen LogP contribution in [0, 0.1) is 25.2 Å². The molecule has 0 amide bonds. The molecule has 0 saturated carbocycles. The first kappa shape index (κ1) is 14.9. The predicted octanol–water partition coefficient (Wildman–Crippen LogP) is 4.74. The molecular formula is C16H12F3NO. The fourth-order valence-corrected chi connectivity index (χ4v) is 2.16. The van der Waals surface area contributed by atoms with Gasteiger partial charge in [0.05, 0.1) is 11.6 Å². The van der Waals surface area contributed by atoms with Gasteiger partial charge in [0, 0.05) is 5.56 Å². The van der Waals surface area contributed by atoms with Crippen molar-refractivity contribution < 1.29 is 17.9 Å². The lowest BCUT2D eigenvalue weighted by molar-refractivity contribution is -0.274. The number of ether oxygens (including phenoxy) is 1. The standard InChI is InChI=1S/C16H12F3NO/c1-10-3-6-14(11(2)7-10)15-8-13(21-16(17,18)19)5-4-12(15)9-20/h3-8H,1-2H3. The molecule has 2 aromatic rings. The molecule has 0 spiro atoms. The average molecular weight is 291 g/mol. The number of hydrogen-bond acceptors (Lipinski definition) is 2. The molecule has 2 aromatic carbocycles. The highest BCUT2D eigenvalue weighted by atomic mass is 19.4. The number of nitriles is 1. The minimum atomic E-state index is -4.76. The zero-order valence-electron chi connectivity index (χ0n) is 11.5. The summed E-state index contributed by atoms with van der Waals surface area (Å²) in [5.74, 6) is -0.337. The molecule has 0 radical (unpaired) electrons. The van der Waals surface area contributed by atoms with Gasteiger partial charge in [-0.05, 0) is 43.2 Å². The maximum atomic E-state index is 12.3. The van der Waals surface area contributed by atoms with Crippen molar-refractivity contribution in [1.82, 2.24) is 0 Å². The molecule has 0 aliphatic carbocycles. The van der Waals surface area contributed by atoms with Gasteiger partial charge in [-0.1, -0.05) is 23.8 Å². The monoisotopic (exact) mass is 291 g/mol. The summed E-state index contributed by atoms with van der Waals surface area (Å²) >= 11 is 0. The SMILES string of the molecule is Cc1ccc(-c2cc(OC(F)(F)F)ccc2C#N)c(C)c1. The van der Waals surface area contributed by atoms with E-state index in [4.69, 9.17) is 5.26 Å². The fourth-order valence-electron chi connectivity index (χ4n) is 2.16. The lowest BCUT2D eigenvalue weighted by Crippen LogP contribution is -2.17. The van der Waals surface area contributed by atoms with E-state index < -0.39 is 6.36 Å². The lowest BCUT2D eigenvalue weighted by Gasteiger charge is -2.13. The van der Waals surface area contributed by atoms with E-state index in [1.54, 1.807) is 6.07 Å². The fraction of sp³-hybridized carbons (Fsp3) is 0.188. The Morgan fingerprint density at radius 3 is 2.29 bits per heavy atom. The van der Waals surface area contributed by atoms with Crippen LogP contribution in [-0.4, -0.2) is 6.36 Å². The Hall–Kier alpha value is -2.48. The minimum absolute atomic E-state index is 0.302. The molecule has 0 N–H and O–H groups in total. The molecular weight excluding hydrogens is 279 g/mol. The molecule has 2 rings (SSSR count). The van der Waals surface area contributed by atoms with Crippen LogP contribution in [0.2, 0.25) is 0 Å². The summed E-state index contributed by atoms with van der Waals surface area (Å²) in [5.41, 5.74) is 3.37. The van der Waals surface area contributed by atoms with Crippen LogP contribution in [0.5, 0.6) is 5.75 Å².